The van der Waals surface area contributed by atoms with Crippen molar-refractivity contribution in [3.05, 3.63) is 0 Å². The van der Waals surface area contributed by atoms with Crippen LogP contribution in [-0.4, -0.2) is 34.7 Å². The highest BCUT2D eigenvalue weighted by atomic mass is 32.2. The zero-order valence-electron chi connectivity index (χ0n) is 9.47. The van der Waals surface area contributed by atoms with Gasteiger partial charge in [-0.1, -0.05) is 6.92 Å². The normalized spacial score (nSPS) is 16.3. The molecule has 0 aromatic rings. The molecular weight excluding hydrogens is 237 g/mol. The van der Waals surface area contributed by atoms with Crippen LogP contribution in [0.25, 0.3) is 0 Å². The Hall–Kier alpha value is 0.260. The molecule has 15 heavy (non-hydrogen) atoms. The molecule has 0 aromatic heterocycles. The van der Waals surface area contributed by atoms with Gasteiger partial charge in [-0.25, -0.2) is 0 Å². The van der Waals surface area contributed by atoms with Crippen molar-refractivity contribution >= 4 is 18.4 Å². The number of rotatable bonds is 8. The van der Waals surface area contributed by atoms with Gasteiger partial charge >= 0.3 is 7.60 Å². The van der Waals surface area contributed by atoms with Crippen LogP contribution >= 0.6 is 7.60 Å². The van der Waals surface area contributed by atoms with Gasteiger partial charge in [-0.05, 0) is 13.8 Å². The Bertz CT molecular complexity index is 239. The maximum Gasteiger partial charge on any atom is 0.333 e. The van der Waals surface area contributed by atoms with E-state index in [1.165, 1.54) is 0 Å². The van der Waals surface area contributed by atoms with E-state index in [0.717, 1.165) is 0 Å². The van der Waals surface area contributed by atoms with E-state index in [4.69, 9.17) is 14.8 Å². The Morgan fingerprint density at radius 3 is 2.07 bits per heavy atom. The third kappa shape index (κ3) is 5.78. The molecule has 0 saturated heterocycles. The van der Waals surface area contributed by atoms with Crippen molar-refractivity contribution in [1.82, 2.24) is 0 Å². The molecule has 0 fully saturated rings. The van der Waals surface area contributed by atoms with Crippen molar-refractivity contribution in [2.24, 2.45) is 5.73 Å². The molecule has 0 saturated carbocycles. The summed E-state index contributed by atoms with van der Waals surface area (Å²) in [5.74, 6) is 0.444. The summed E-state index contributed by atoms with van der Waals surface area (Å²) in [5, 5.41) is -0.654. The molecule has 0 aliphatic carbocycles. The Balaban J connectivity index is 4.40. The second-order valence-electron chi connectivity index (χ2n) is 2.84. The fraction of sp³-hybridized carbons (Fsp3) is 1.00. The first-order valence-corrected chi connectivity index (χ1v) is 8.11. The highest BCUT2D eigenvalue weighted by Gasteiger charge is 2.28. The van der Waals surface area contributed by atoms with Gasteiger partial charge in [0.15, 0.2) is 0 Å². The second kappa shape index (κ2) is 7.52. The third-order valence-electron chi connectivity index (χ3n) is 1.68. The van der Waals surface area contributed by atoms with Crippen molar-refractivity contribution in [3.8, 4) is 0 Å². The van der Waals surface area contributed by atoms with Crippen molar-refractivity contribution < 1.29 is 17.8 Å². The number of hydrogen-bond acceptors (Lipinski definition) is 5. The van der Waals surface area contributed by atoms with E-state index in [0.29, 0.717) is 19.0 Å². The van der Waals surface area contributed by atoms with E-state index >= 15 is 0 Å². The molecule has 0 bridgehead atoms. The zero-order valence-corrected chi connectivity index (χ0v) is 11.2. The van der Waals surface area contributed by atoms with Gasteiger partial charge in [-0.15, -0.1) is 0 Å². The maximum atomic E-state index is 12.0. The highest BCUT2D eigenvalue weighted by molar-refractivity contribution is 7.86. The quantitative estimate of drug-likeness (QED) is 0.663. The van der Waals surface area contributed by atoms with Crippen LogP contribution in [0.2, 0.25) is 0 Å². The smallest absolute Gasteiger partial charge is 0.317 e. The minimum absolute atomic E-state index is 0.00906. The fourth-order valence-electron chi connectivity index (χ4n) is 1.05. The molecule has 0 heterocycles. The van der Waals surface area contributed by atoms with E-state index in [9.17, 15) is 8.77 Å². The van der Waals surface area contributed by atoms with Gasteiger partial charge in [0, 0.05) is 16.6 Å². The molecule has 0 spiro atoms. The third-order valence-corrected chi connectivity index (χ3v) is 5.48. The largest absolute Gasteiger partial charge is 0.333 e. The monoisotopic (exact) mass is 257 g/mol. The summed E-state index contributed by atoms with van der Waals surface area (Å²) in [6.45, 7) is 5.82. The van der Waals surface area contributed by atoms with E-state index in [1.54, 1.807) is 20.8 Å². The van der Waals surface area contributed by atoms with Crippen LogP contribution in [0.5, 0.6) is 0 Å². The Kier molecular flexibility index (Phi) is 7.65. The van der Waals surface area contributed by atoms with Crippen molar-refractivity contribution in [2.45, 2.75) is 26.1 Å². The van der Waals surface area contributed by atoms with E-state index in [1.807, 2.05) is 0 Å². The summed E-state index contributed by atoms with van der Waals surface area (Å²) in [6, 6.07) is 0. The molecule has 0 aliphatic rings. The van der Waals surface area contributed by atoms with Gasteiger partial charge in [0.1, 0.15) is 0 Å². The van der Waals surface area contributed by atoms with Crippen LogP contribution in [0.3, 0.4) is 0 Å². The van der Waals surface area contributed by atoms with Crippen LogP contribution in [0.15, 0.2) is 0 Å². The van der Waals surface area contributed by atoms with Gasteiger partial charge in [-0.2, -0.15) is 0 Å². The predicted octanol–water partition coefficient (Wildman–Crippen LogP) is 1.31. The lowest BCUT2D eigenvalue weighted by atomic mass is 10.8. The molecular formula is C8H20NO4PS. The zero-order chi connectivity index (χ0) is 11.9. The minimum Gasteiger partial charge on any atom is -0.317 e. The summed E-state index contributed by atoms with van der Waals surface area (Å²) in [6.07, 6.45) is 0.00906. The van der Waals surface area contributed by atoms with E-state index in [2.05, 4.69) is 0 Å². The van der Waals surface area contributed by atoms with Gasteiger partial charge in [0.25, 0.3) is 0 Å². The molecule has 0 unspecified atom stereocenters. The molecule has 92 valence electrons. The molecule has 2 N–H and O–H groups in total. The summed E-state index contributed by atoms with van der Waals surface area (Å²) in [5.41, 5.74) is 5.64. The lowest BCUT2D eigenvalue weighted by Crippen LogP contribution is -2.31. The first-order chi connectivity index (χ1) is 6.99. The SMILES string of the molecule is CCOP(=O)(C[C@H](N)[S@@](=O)CC)OCC. The lowest BCUT2D eigenvalue weighted by Gasteiger charge is -2.19. The van der Waals surface area contributed by atoms with Crippen LogP contribution in [0, 0.1) is 0 Å². The molecule has 0 amide bonds. The molecule has 0 aliphatic heterocycles. The van der Waals surface area contributed by atoms with Crippen molar-refractivity contribution in [3.63, 3.8) is 0 Å². The average molecular weight is 257 g/mol. The Morgan fingerprint density at radius 1 is 1.27 bits per heavy atom. The second-order valence-corrected chi connectivity index (χ2v) is 6.88. The van der Waals surface area contributed by atoms with E-state index in [-0.39, 0.29) is 6.16 Å². The van der Waals surface area contributed by atoms with Crippen molar-refractivity contribution in [2.75, 3.05) is 25.1 Å². The van der Waals surface area contributed by atoms with Crippen LogP contribution in [-0.2, 0) is 24.4 Å². The summed E-state index contributed by atoms with van der Waals surface area (Å²) in [4.78, 5) is 0. The topological polar surface area (TPSA) is 78.6 Å². The summed E-state index contributed by atoms with van der Waals surface area (Å²) >= 11 is 0. The molecule has 2 atom stereocenters. The molecule has 0 aromatic carbocycles. The number of hydrogen-bond donors (Lipinski definition) is 1. The first kappa shape index (κ1) is 15.3. The van der Waals surface area contributed by atoms with E-state index < -0.39 is 23.8 Å². The summed E-state index contributed by atoms with van der Waals surface area (Å²) in [7, 11) is -4.34. The van der Waals surface area contributed by atoms with Crippen LogP contribution in [0.1, 0.15) is 20.8 Å². The highest BCUT2D eigenvalue weighted by Crippen LogP contribution is 2.48. The molecule has 0 radical (unpaired) electrons. The Labute approximate surface area is 93.7 Å². The molecule has 7 heteroatoms. The lowest BCUT2D eigenvalue weighted by molar-refractivity contribution is 0.220. The van der Waals surface area contributed by atoms with Gasteiger partial charge in [-0.3, -0.25) is 8.77 Å². The van der Waals surface area contributed by atoms with Crippen LogP contribution < -0.4 is 5.73 Å². The predicted molar refractivity (Wildman–Crippen MR) is 62.4 cm³/mol. The molecule has 5 nitrogen and oxygen atoms in total. The minimum atomic E-state index is -3.16. The standard InChI is InChI=1S/C8H20NO4PS/c1-4-12-14(10,13-5-2)7-8(9)15(11)6-3/h8H,4-7,9H2,1-3H3/t8-,15+/m1/s1. The average Bonchev–Trinajstić information content (AvgIpc) is 2.16. The molecule has 0 rings (SSSR count). The Morgan fingerprint density at radius 2 is 1.73 bits per heavy atom. The first-order valence-electron chi connectivity index (χ1n) is 5.00. The number of nitrogens with two attached hydrogens (primary N) is 1. The van der Waals surface area contributed by atoms with Crippen molar-refractivity contribution in [1.29, 1.82) is 0 Å². The van der Waals surface area contributed by atoms with Gasteiger partial charge < -0.3 is 14.8 Å². The van der Waals surface area contributed by atoms with Gasteiger partial charge in [0.05, 0.1) is 24.7 Å². The maximum absolute atomic E-state index is 12.0. The van der Waals surface area contributed by atoms with Gasteiger partial charge in [0.2, 0.25) is 0 Å². The van der Waals surface area contributed by atoms with Crippen LogP contribution in [0.4, 0.5) is 0 Å². The fourth-order valence-corrected chi connectivity index (χ4v) is 4.21. The summed E-state index contributed by atoms with van der Waals surface area (Å²) < 4.78 is 33.4.